The molecule has 5 heterocycles. The van der Waals surface area contributed by atoms with Crippen molar-refractivity contribution in [3.8, 4) is 11.1 Å². The number of aromatic nitrogens is 2. The first-order valence-electron chi connectivity index (χ1n) is 12.8. The number of carbonyl (C=O) groups excluding carboxylic acids is 1. The highest BCUT2D eigenvalue weighted by atomic mass is 16.5. The fraction of sp³-hybridized carbons (Fsp3) is 0.577. The largest absolute Gasteiger partial charge is 0.377 e. The molecule has 1 aromatic heterocycles. The van der Waals surface area contributed by atoms with Gasteiger partial charge in [0.1, 0.15) is 5.84 Å². The number of ether oxygens (including phenoxy) is 1. The molecule has 1 saturated carbocycles. The first kappa shape index (κ1) is 20.5. The van der Waals surface area contributed by atoms with E-state index in [-0.39, 0.29) is 11.8 Å². The van der Waals surface area contributed by atoms with Crippen LogP contribution in [0.25, 0.3) is 11.1 Å². The molecule has 1 aliphatic carbocycles. The number of fused-ring (bicyclic) bond motifs is 2. The maximum atomic E-state index is 12.2. The van der Waals surface area contributed by atoms with Gasteiger partial charge < -0.3 is 14.5 Å². The van der Waals surface area contributed by atoms with Gasteiger partial charge in [-0.25, -0.2) is 0 Å². The highest BCUT2D eigenvalue weighted by Crippen LogP contribution is 2.39. The van der Waals surface area contributed by atoms with Gasteiger partial charge in [0.2, 0.25) is 5.91 Å². The molecule has 0 N–H and O–H groups in total. The van der Waals surface area contributed by atoms with E-state index in [9.17, 15) is 4.79 Å². The van der Waals surface area contributed by atoms with E-state index in [1.807, 2.05) is 11.1 Å². The van der Waals surface area contributed by atoms with E-state index in [1.165, 1.54) is 35.2 Å². The average Bonchev–Trinajstić information content (AvgIpc) is 3.44. The highest BCUT2D eigenvalue weighted by molar-refractivity contribution is 6.02. The molecule has 2 aromatic rings. The zero-order chi connectivity index (χ0) is 22.8. The van der Waals surface area contributed by atoms with Gasteiger partial charge in [0.25, 0.3) is 0 Å². The lowest BCUT2D eigenvalue weighted by Gasteiger charge is -2.43. The molecule has 7 rings (SSSR count). The average molecular weight is 461 g/mol. The van der Waals surface area contributed by atoms with E-state index >= 15 is 0 Å². The molecule has 2 unspecified atom stereocenters. The van der Waals surface area contributed by atoms with Gasteiger partial charge in [-0.15, -0.1) is 0 Å². The molecule has 4 aliphatic heterocycles. The predicted molar refractivity (Wildman–Crippen MR) is 130 cm³/mol. The summed E-state index contributed by atoms with van der Waals surface area (Å²) in [4.78, 5) is 16.6. The summed E-state index contributed by atoms with van der Waals surface area (Å²) in [5.74, 6) is 1.55. The number of nitrogens with zero attached hydrogens (tertiary/aromatic N) is 6. The van der Waals surface area contributed by atoms with Crippen LogP contribution in [-0.4, -0.2) is 76.4 Å². The Bertz CT molecular complexity index is 1150. The van der Waals surface area contributed by atoms with Crippen molar-refractivity contribution in [3.05, 3.63) is 36.2 Å². The molecule has 3 fully saturated rings. The number of aryl methyl sites for hydroxylation is 1. The molecule has 0 spiro atoms. The van der Waals surface area contributed by atoms with Crippen LogP contribution in [0.2, 0.25) is 0 Å². The van der Waals surface area contributed by atoms with Crippen molar-refractivity contribution in [1.29, 1.82) is 0 Å². The summed E-state index contributed by atoms with van der Waals surface area (Å²) in [6, 6.07) is 8.18. The number of benzene rings is 1. The van der Waals surface area contributed by atoms with E-state index in [0.717, 1.165) is 57.9 Å². The van der Waals surface area contributed by atoms with Crippen LogP contribution >= 0.6 is 0 Å². The number of hydrazone groups is 1. The zero-order valence-corrected chi connectivity index (χ0v) is 19.8. The Hall–Kier alpha value is -2.87. The maximum Gasteiger partial charge on any atom is 0.219 e. The lowest BCUT2D eigenvalue weighted by Crippen LogP contribution is -2.56. The minimum absolute atomic E-state index is 0.165. The van der Waals surface area contributed by atoms with Gasteiger partial charge in [0.05, 0.1) is 43.5 Å². The van der Waals surface area contributed by atoms with Crippen molar-refractivity contribution in [2.24, 2.45) is 11.0 Å². The smallest absolute Gasteiger partial charge is 0.219 e. The van der Waals surface area contributed by atoms with Gasteiger partial charge in [-0.1, -0.05) is 6.07 Å². The molecule has 34 heavy (non-hydrogen) atoms. The third-order valence-electron chi connectivity index (χ3n) is 8.24. The third-order valence-corrected chi connectivity index (χ3v) is 8.24. The molecule has 2 atom stereocenters. The van der Waals surface area contributed by atoms with Gasteiger partial charge in [-0.2, -0.15) is 10.2 Å². The number of piperidine rings is 1. The summed E-state index contributed by atoms with van der Waals surface area (Å²) in [7, 11) is 0. The molecule has 5 aliphatic rings. The van der Waals surface area contributed by atoms with E-state index in [4.69, 9.17) is 9.84 Å². The van der Waals surface area contributed by atoms with Gasteiger partial charge in [0.15, 0.2) is 0 Å². The van der Waals surface area contributed by atoms with E-state index in [2.05, 4.69) is 44.1 Å². The van der Waals surface area contributed by atoms with Crippen LogP contribution in [0.15, 0.2) is 35.7 Å². The lowest BCUT2D eigenvalue weighted by molar-refractivity contribution is -0.132. The SMILES string of the molecule is CC(=O)N1CCC2C(C1)C(N1CCCc3cc(-c4cnn(C5CC5)c4)ccc31)=NN2C1COC1. The van der Waals surface area contributed by atoms with Crippen LogP contribution in [-0.2, 0) is 16.0 Å². The maximum absolute atomic E-state index is 12.2. The van der Waals surface area contributed by atoms with E-state index in [0.29, 0.717) is 18.1 Å². The number of anilines is 1. The number of carbonyl (C=O) groups is 1. The monoisotopic (exact) mass is 460 g/mol. The molecule has 1 amide bonds. The fourth-order valence-corrected chi connectivity index (χ4v) is 6.09. The van der Waals surface area contributed by atoms with Crippen molar-refractivity contribution in [3.63, 3.8) is 0 Å². The second kappa shape index (κ2) is 7.83. The standard InChI is InChI=1S/C26H32N6O2/c1-17(33)29-10-8-25-23(14-29)26(28-32(25)22-15-34-16-22)30-9-2-3-19-11-18(4-7-24(19)30)20-12-27-31(13-20)21-5-6-21/h4,7,11-13,21-23,25H,2-3,5-6,8-10,14-16H2,1H3. The van der Waals surface area contributed by atoms with Gasteiger partial charge in [0, 0.05) is 44.0 Å². The number of hydrogen-bond acceptors (Lipinski definition) is 6. The molecule has 2 saturated heterocycles. The summed E-state index contributed by atoms with van der Waals surface area (Å²) in [5.41, 5.74) is 5.10. The quantitative estimate of drug-likeness (QED) is 0.705. The Balaban J connectivity index is 1.21. The molecular weight excluding hydrogens is 428 g/mol. The number of amidine groups is 1. The van der Waals surface area contributed by atoms with Crippen LogP contribution in [0.5, 0.6) is 0 Å². The molecule has 8 nitrogen and oxygen atoms in total. The Morgan fingerprint density at radius 1 is 1.09 bits per heavy atom. The summed E-state index contributed by atoms with van der Waals surface area (Å²) < 4.78 is 7.63. The molecular formula is C26H32N6O2. The minimum atomic E-state index is 0.165. The number of likely N-dealkylation sites (tertiary alicyclic amines) is 1. The van der Waals surface area contributed by atoms with Crippen molar-refractivity contribution in [2.45, 2.75) is 57.2 Å². The van der Waals surface area contributed by atoms with Crippen LogP contribution in [0.1, 0.15) is 44.2 Å². The molecule has 178 valence electrons. The molecule has 8 heteroatoms. The van der Waals surface area contributed by atoms with Gasteiger partial charge >= 0.3 is 0 Å². The molecule has 0 radical (unpaired) electrons. The first-order valence-corrected chi connectivity index (χ1v) is 12.8. The van der Waals surface area contributed by atoms with Gasteiger partial charge in [-0.05, 0) is 55.4 Å². The van der Waals surface area contributed by atoms with Crippen LogP contribution < -0.4 is 4.90 Å². The zero-order valence-electron chi connectivity index (χ0n) is 19.8. The summed E-state index contributed by atoms with van der Waals surface area (Å²) in [5, 5.41) is 12.1. The topological polar surface area (TPSA) is 66.2 Å². The van der Waals surface area contributed by atoms with Crippen molar-refractivity contribution < 1.29 is 9.53 Å². The fourth-order valence-electron chi connectivity index (χ4n) is 6.09. The van der Waals surface area contributed by atoms with E-state index in [1.54, 1.807) is 6.92 Å². The first-order chi connectivity index (χ1) is 16.7. The second-order valence-corrected chi connectivity index (χ2v) is 10.5. The van der Waals surface area contributed by atoms with Crippen LogP contribution in [0, 0.1) is 5.92 Å². The number of rotatable bonds is 3. The van der Waals surface area contributed by atoms with Crippen molar-refractivity contribution in [1.82, 2.24) is 19.7 Å². The lowest BCUT2D eigenvalue weighted by atomic mass is 9.89. The number of amides is 1. The minimum Gasteiger partial charge on any atom is -0.377 e. The van der Waals surface area contributed by atoms with E-state index < -0.39 is 0 Å². The molecule has 0 bridgehead atoms. The summed E-state index contributed by atoms with van der Waals surface area (Å²) in [6.07, 6.45) is 9.85. The highest BCUT2D eigenvalue weighted by Gasteiger charge is 2.47. The number of hydrogen-bond donors (Lipinski definition) is 0. The Morgan fingerprint density at radius 3 is 2.74 bits per heavy atom. The third kappa shape index (κ3) is 3.34. The van der Waals surface area contributed by atoms with Crippen LogP contribution in [0.4, 0.5) is 5.69 Å². The van der Waals surface area contributed by atoms with Gasteiger partial charge in [-0.3, -0.25) is 14.5 Å². The Labute approximate surface area is 200 Å². The second-order valence-electron chi connectivity index (χ2n) is 10.5. The Kier molecular flexibility index (Phi) is 4.72. The van der Waals surface area contributed by atoms with Crippen LogP contribution in [0.3, 0.4) is 0 Å². The van der Waals surface area contributed by atoms with Crippen molar-refractivity contribution >= 4 is 17.4 Å². The Morgan fingerprint density at radius 2 is 1.97 bits per heavy atom. The normalized spacial score (nSPS) is 26.7. The summed E-state index contributed by atoms with van der Waals surface area (Å²) in [6.45, 7) is 5.75. The predicted octanol–water partition coefficient (Wildman–Crippen LogP) is 2.90. The molecule has 1 aromatic carbocycles. The van der Waals surface area contributed by atoms with Crippen molar-refractivity contribution in [2.75, 3.05) is 37.7 Å². The summed E-state index contributed by atoms with van der Waals surface area (Å²) >= 11 is 0.